The fourth-order valence-corrected chi connectivity index (χ4v) is 1.18. The van der Waals surface area contributed by atoms with Crippen LogP contribution in [0.5, 0.6) is 0 Å². The number of aliphatic carboxylic acids is 1. The van der Waals surface area contributed by atoms with E-state index in [1.807, 2.05) is 0 Å². The van der Waals surface area contributed by atoms with Crippen molar-refractivity contribution in [2.75, 3.05) is 0 Å². The minimum absolute atomic E-state index is 0.172. The van der Waals surface area contributed by atoms with Crippen molar-refractivity contribution in [2.24, 2.45) is 0 Å². The number of nitrogens with zero attached hydrogens (tertiary/aromatic N) is 1. The maximum absolute atomic E-state index is 10.4. The van der Waals surface area contributed by atoms with E-state index in [1.165, 1.54) is 12.2 Å². The summed E-state index contributed by atoms with van der Waals surface area (Å²) in [6.07, 6.45) is 3.26. The van der Waals surface area contributed by atoms with E-state index in [4.69, 9.17) is 11.6 Å². The van der Waals surface area contributed by atoms with Gasteiger partial charge in [-0.1, -0.05) is 12.2 Å². The van der Waals surface area contributed by atoms with Crippen LogP contribution in [0.2, 0.25) is 0 Å². The van der Waals surface area contributed by atoms with Crippen LogP contribution in [0.3, 0.4) is 0 Å². The van der Waals surface area contributed by atoms with Gasteiger partial charge in [0.25, 0.3) is 0 Å². The first kappa shape index (κ1) is 9.73. The third-order valence-corrected chi connectivity index (χ3v) is 2.05. The minimum Gasteiger partial charge on any atom is -0.545 e. The topological polar surface area (TPSA) is 83.3 Å². The quantitative estimate of drug-likeness (QED) is 0.269. The first-order valence-electron chi connectivity index (χ1n) is 3.39. The minimum atomic E-state index is -1.84. The molecular formula is C7H5ClNO4-. The Kier molecular flexibility index (Phi) is 2.38. The number of carboxylic acids is 1. The molecule has 0 saturated carbocycles. The van der Waals surface area contributed by atoms with Gasteiger partial charge in [0.2, 0.25) is 0 Å². The zero-order valence-corrected chi connectivity index (χ0v) is 7.15. The summed E-state index contributed by atoms with van der Waals surface area (Å²) in [7, 11) is 0. The second-order valence-corrected chi connectivity index (χ2v) is 3.25. The van der Waals surface area contributed by atoms with Crippen molar-refractivity contribution in [3.8, 4) is 0 Å². The first-order chi connectivity index (χ1) is 5.96. The summed E-state index contributed by atoms with van der Waals surface area (Å²) in [6, 6.07) is 0. The van der Waals surface area contributed by atoms with Crippen molar-refractivity contribution in [3.05, 3.63) is 33.9 Å². The summed E-state index contributed by atoms with van der Waals surface area (Å²) in [5, 5.41) is 20.8. The first-order valence-corrected chi connectivity index (χ1v) is 3.77. The molecule has 0 bridgehead atoms. The Balaban J connectivity index is 2.92. The number of allylic oxidation sites excluding steroid dienone is 2. The molecule has 0 aromatic carbocycles. The molecule has 1 aliphatic carbocycles. The molecular weight excluding hydrogens is 198 g/mol. The predicted octanol–water partition coefficient (Wildman–Crippen LogP) is -0.166. The second-order valence-electron chi connectivity index (χ2n) is 2.59. The predicted molar refractivity (Wildman–Crippen MR) is 42.4 cm³/mol. The Morgan fingerprint density at radius 3 is 2.77 bits per heavy atom. The molecule has 0 spiro atoms. The number of hydrogen-bond donors (Lipinski definition) is 0. The van der Waals surface area contributed by atoms with Crippen LogP contribution in [0.15, 0.2) is 23.8 Å². The van der Waals surface area contributed by atoms with Gasteiger partial charge in [0.15, 0.2) is 0 Å². The van der Waals surface area contributed by atoms with Crippen LogP contribution >= 0.6 is 11.6 Å². The van der Waals surface area contributed by atoms with Crippen molar-refractivity contribution in [2.45, 2.75) is 11.4 Å². The molecule has 0 N–H and O–H groups in total. The zero-order valence-electron chi connectivity index (χ0n) is 6.40. The second kappa shape index (κ2) is 3.18. The van der Waals surface area contributed by atoms with Crippen LogP contribution in [0.25, 0.3) is 0 Å². The molecule has 0 aliphatic heterocycles. The van der Waals surface area contributed by atoms with Crippen LogP contribution < -0.4 is 5.11 Å². The Hall–Kier alpha value is -1.36. The van der Waals surface area contributed by atoms with Gasteiger partial charge in [-0.25, -0.2) is 0 Å². The number of alkyl halides is 1. The molecule has 0 heterocycles. The normalized spacial score (nSPS) is 26.7. The van der Waals surface area contributed by atoms with E-state index in [0.29, 0.717) is 0 Å². The van der Waals surface area contributed by atoms with Gasteiger partial charge in [-0.3, -0.25) is 10.1 Å². The number of carbonyl (C=O) groups is 1. The molecule has 0 fully saturated rings. The van der Waals surface area contributed by atoms with Gasteiger partial charge in [-0.2, -0.15) is 0 Å². The van der Waals surface area contributed by atoms with Crippen LogP contribution in [0, 0.1) is 10.1 Å². The fraction of sp³-hybridized carbons (Fsp3) is 0.286. The van der Waals surface area contributed by atoms with E-state index < -0.39 is 15.9 Å². The van der Waals surface area contributed by atoms with Crippen molar-refractivity contribution in [1.29, 1.82) is 0 Å². The van der Waals surface area contributed by atoms with E-state index in [-0.39, 0.29) is 12.0 Å². The maximum Gasteiger partial charge on any atom is 0.317 e. The number of nitro groups is 1. The molecule has 70 valence electrons. The molecule has 0 aromatic rings. The highest BCUT2D eigenvalue weighted by molar-refractivity contribution is 6.24. The average molecular weight is 203 g/mol. The standard InChI is InChI=1S/C7H6ClNO4/c8-7(9(12)13)3-1-2-5(4-7)6(10)11/h1-3H,4H2,(H,10,11)/p-1. The third-order valence-electron chi connectivity index (χ3n) is 1.65. The van der Waals surface area contributed by atoms with Gasteiger partial charge in [-0.15, -0.1) is 0 Å². The molecule has 6 heteroatoms. The molecule has 13 heavy (non-hydrogen) atoms. The number of carbonyl (C=O) groups excluding carboxylic acids is 1. The molecule has 5 nitrogen and oxygen atoms in total. The largest absolute Gasteiger partial charge is 0.545 e. The third kappa shape index (κ3) is 1.86. The lowest BCUT2D eigenvalue weighted by Crippen LogP contribution is -2.36. The number of carboxylic acid groups (broad SMARTS) is 1. The van der Waals surface area contributed by atoms with Crippen molar-refractivity contribution in [1.82, 2.24) is 0 Å². The highest BCUT2D eigenvalue weighted by Crippen LogP contribution is 2.29. The van der Waals surface area contributed by atoms with E-state index in [0.717, 1.165) is 6.08 Å². The Bertz CT molecular complexity index is 322. The maximum atomic E-state index is 10.4. The van der Waals surface area contributed by atoms with Gasteiger partial charge < -0.3 is 9.90 Å². The van der Waals surface area contributed by atoms with Gasteiger partial charge in [0.1, 0.15) is 0 Å². The van der Waals surface area contributed by atoms with E-state index in [9.17, 15) is 20.0 Å². The van der Waals surface area contributed by atoms with Crippen LogP contribution in [-0.4, -0.2) is 15.9 Å². The average Bonchev–Trinajstić information content (AvgIpc) is 2.04. The van der Waals surface area contributed by atoms with E-state index in [1.54, 1.807) is 0 Å². The smallest absolute Gasteiger partial charge is 0.317 e. The van der Waals surface area contributed by atoms with Crippen molar-refractivity contribution < 1.29 is 14.8 Å². The fourth-order valence-electron chi connectivity index (χ4n) is 0.962. The van der Waals surface area contributed by atoms with Gasteiger partial charge in [0, 0.05) is 11.0 Å². The summed E-state index contributed by atoms with van der Waals surface area (Å²) in [5.41, 5.74) is -0.172. The number of hydrogen-bond acceptors (Lipinski definition) is 4. The molecule has 0 aromatic heterocycles. The highest BCUT2D eigenvalue weighted by atomic mass is 35.5. The summed E-state index contributed by atoms with van der Waals surface area (Å²) in [6.45, 7) is 0. The summed E-state index contributed by atoms with van der Waals surface area (Å²) in [4.78, 5) is 18.2. The van der Waals surface area contributed by atoms with Crippen molar-refractivity contribution in [3.63, 3.8) is 0 Å². The lowest BCUT2D eigenvalue weighted by molar-refractivity contribution is -0.527. The molecule has 1 unspecified atom stereocenters. The number of rotatable bonds is 2. The summed E-state index contributed by atoms with van der Waals surface area (Å²) < 4.78 is 0. The Labute approximate surface area is 78.5 Å². The Morgan fingerprint density at radius 1 is 1.69 bits per heavy atom. The molecule has 1 rings (SSSR count). The Morgan fingerprint density at radius 2 is 2.31 bits per heavy atom. The lowest BCUT2D eigenvalue weighted by Gasteiger charge is -2.19. The molecule has 0 saturated heterocycles. The van der Waals surface area contributed by atoms with Gasteiger partial charge >= 0.3 is 5.00 Å². The molecule has 1 atom stereocenters. The SMILES string of the molecule is O=C([O-])C1=CC=CC(Cl)([N+](=O)[O-])C1. The van der Waals surface area contributed by atoms with Gasteiger partial charge in [0.05, 0.1) is 12.4 Å². The van der Waals surface area contributed by atoms with E-state index >= 15 is 0 Å². The van der Waals surface area contributed by atoms with Crippen LogP contribution in [0.1, 0.15) is 6.42 Å². The summed E-state index contributed by atoms with van der Waals surface area (Å²) >= 11 is 5.53. The van der Waals surface area contributed by atoms with Crippen molar-refractivity contribution >= 4 is 17.6 Å². The highest BCUT2D eigenvalue weighted by Gasteiger charge is 2.39. The zero-order chi connectivity index (χ0) is 10.1. The lowest BCUT2D eigenvalue weighted by atomic mass is 10.0. The van der Waals surface area contributed by atoms with E-state index in [2.05, 4.69) is 0 Å². The molecule has 0 radical (unpaired) electrons. The monoisotopic (exact) mass is 202 g/mol. The van der Waals surface area contributed by atoms with Crippen LogP contribution in [-0.2, 0) is 4.79 Å². The van der Waals surface area contributed by atoms with Crippen LogP contribution in [0.4, 0.5) is 0 Å². The van der Waals surface area contributed by atoms with Gasteiger partial charge in [-0.05, 0) is 17.2 Å². The number of halogens is 1. The molecule has 0 amide bonds. The summed E-state index contributed by atoms with van der Waals surface area (Å²) in [5.74, 6) is -1.43. The molecule has 1 aliphatic rings.